The van der Waals surface area contributed by atoms with E-state index in [-0.39, 0.29) is 22.9 Å². The van der Waals surface area contributed by atoms with Crippen molar-refractivity contribution in [2.24, 2.45) is 0 Å². The lowest BCUT2D eigenvalue weighted by Crippen LogP contribution is -2.03. The van der Waals surface area contributed by atoms with Gasteiger partial charge < -0.3 is 9.84 Å². The molecule has 0 radical (unpaired) electrons. The number of aromatic carboxylic acids is 1. The topological polar surface area (TPSA) is 103 Å². The number of carboxylic acid groups (broad SMARTS) is 1. The van der Waals surface area contributed by atoms with Gasteiger partial charge in [0, 0.05) is 11.8 Å². The Morgan fingerprint density at radius 2 is 2.00 bits per heavy atom. The van der Waals surface area contributed by atoms with Crippen molar-refractivity contribution in [2.45, 2.75) is 13.8 Å². The summed E-state index contributed by atoms with van der Waals surface area (Å²) in [6, 6.07) is 5.87. The largest absolute Gasteiger partial charge is 0.476 e. The number of nitro benzene ring substituents is 1. The number of ether oxygens (including phenoxy) is 1. The highest BCUT2D eigenvalue weighted by Crippen LogP contribution is 2.32. The molecule has 21 heavy (non-hydrogen) atoms. The molecule has 1 N–H and O–H groups in total. The summed E-state index contributed by atoms with van der Waals surface area (Å²) in [5.41, 5.74) is 0.837. The number of hydrogen-bond donors (Lipinski definition) is 1. The van der Waals surface area contributed by atoms with Gasteiger partial charge in [-0.1, -0.05) is 0 Å². The minimum Gasteiger partial charge on any atom is -0.476 e. The van der Waals surface area contributed by atoms with Gasteiger partial charge in [0.1, 0.15) is 5.75 Å². The van der Waals surface area contributed by atoms with Gasteiger partial charge in [0.25, 0.3) is 5.69 Å². The van der Waals surface area contributed by atoms with E-state index in [2.05, 4.69) is 4.98 Å². The number of hydrogen-bond acceptors (Lipinski definition) is 5. The van der Waals surface area contributed by atoms with Crippen LogP contribution in [0.2, 0.25) is 0 Å². The van der Waals surface area contributed by atoms with Crippen molar-refractivity contribution in [1.29, 1.82) is 0 Å². The highest BCUT2D eigenvalue weighted by Gasteiger charge is 2.18. The Hall–Kier alpha value is -2.96. The molecule has 1 heterocycles. The second-order valence-electron chi connectivity index (χ2n) is 4.42. The third-order valence-corrected chi connectivity index (χ3v) is 2.88. The Kier molecular flexibility index (Phi) is 3.84. The molecule has 7 heteroatoms. The van der Waals surface area contributed by atoms with Gasteiger partial charge >= 0.3 is 5.97 Å². The molecule has 0 bridgehead atoms. The maximum Gasteiger partial charge on any atom is 0.358 e. The van der Waals surface area contributed by atoms with Crippen LogP contribution in [0.1, 0.15) is 21.6 Å². The molecule has 2 aromatic rings. The van der Waals surface area contributed by atoms with Crippen LogP contribution in [-0.4, -0.2) is 21.0 Å². The van der Waals surface area contributed by atoms with E-state index in [1.807, 2.05) is 0 Å². The van der Waals surface area contributed by atoms with E-state index in [1.165, 1.54) is 24.4 Å². The molecule has 7 nitrogen and oxygen atoms in total. The Morgan fingerprint density at radius 1 is 1.29 bits per heavy atom. The number of pyridine rings is 1. The lowest BCUT2D eigenvalue weighted by Gasteiger charge is -2.11. The molecule has 0 saturated carbocycles. The molecule has 0 saturated heterocycles. The highest BCUT2D eigenvalue weighted by atomic mass is 16.6. The molecule has 0 aliphatic heterocycles. The molecule has 0 amide bonds. The molecule has 0 fully saturated rings. The Morgan fingerprint density at radius 3 is 2.62 bits per heavy atom. The van der Waals surface area contributed by atoms with Crippen LogP contribution in [0.15, 0.2) is 30.5 Å². The van der Waals surface area contributed by atoms with Gasteiger partial charge in [0.2, 0.25) is 0 Å². The van der Waals surface area contributed by atoms with Gasteiger partial charge in [0.05, 0.1) is 11.0 Å². The fourth-order valence-corrected chi connectivity index (χ4v) is 1.88. The maximum atomic E-state index is 11.1. The first-order valence-electron chi connectivity index (χ1n) is 6.02. The average molecular weight is 288 g/mol. The van der Waals surface area contributed by atoms with Crippen LogP contribution >= 0.6 is 0 Å². The van der Waals surface area contributed by atoms with Crippen LogP contribution in [0, 0.1) is 24.0 Å². The SMILES string of the molecule is Cc1cc(C)c([N+](=O)[O-])cc1Oc1cccnc1C(=O)O. The van der Waals surface area contributed by atoms with Crippen LogP contribution in [0.5, 0.6) is 11.5 Å². The smallest absolute Gasteiger partial charge is 0.358 e. The van der Waals surface area contributed by atoms with Crippen LogP contribution < -0.4 is 4.74 Å². The van der Waals surface area contributed by atoms with Gasteiger partial charge in [-0.2, -0.15) is 0 Å². The molecule has 0 aliphatic carbocycles. The minimum absolute atomic E-state index is 0.0336. The second kappa shape index (κ2) is 5.58. The lowest BCUT2D eigenvalue weighted by molar-refractivity contribution is -0.385. The van der Waals surface area contributed by atoms with Crippen molar-refractivity contribution < 1.29 is 19.6 Å². The molecule has 1 aromatic heterocycles. The van der Waals surface area contributed by atoms with Crippen LogP contribution in [0.4, 0.5) is 5.69 Å². The number of benzene rings is 1. The monoisotopic (exact) mass is 288 g/mol. The summed E-state index contributed by atoms with van der Waals surface area (Å²) in [5.74, 6) is -0.973. The number of nitrogens with zero attached hydrogens (tertiary/aromatic N) is 2. The van der Waals surface area contributed by atoms with E-state index in [1.54, 1.807) is 19.9 Å². The van der Waals surface area contributed by atoms with E-state index in [4.69, 9.17) is 9.84 Å². The van der Waals surface area contributed by atoms with E-state index in [9.17, 15) is 14.9 Å². The minimum atomic E-state index is -1.23. The van der Waals surface area contributed by atoms with E-state index < -0.39 is 10.9 Å². The molecular weight excluding hydrogens is 276 g/mol. The normalized spacial score (nSPS) is 10.2. The van der Waals surface area contributed by atoms with Crippen molar-refractivity contribution in [1.82, 2.24) is 4.98 Å². The summed E-state index contributed by atoms with van der Waals surface area (Å²) in [5, 5.41) is 20.0. The van der Waals surface area contributed by atoms with Gasteiger partial charge in [-0.15, -0.1) is 0 Å². The molecule has 0 spiro atoms. The number of carbonyl (C=O) groups is 1. The van der Waals surface area contributed by atoms with Gasteiger partial charge in [-0.3, -0.25) is 10.1 Å². The molecule has 1 aromatic carbocycles. The molecule has 0 atom stereocenters. The molecule has 108 valence electrons. The number of aryl methyl sites for hydroxylation is 2. The Balaban J connectivity index is 2.47. The van der Waals surface area contributed by atoms with Crippen LogP contribution in [-0.2, 0) is 0 Å². The quantitative estimate of drug-likeness (QED) is 0.685. The van der Waals surface area contributed by atoms with Crippen LogP contribution in [0.3, 0.4) is 0 Å². The van der Waals surface area contributed by atoms with Gasteiger partial charge in [0.15, 0.2) is 11.4 Å². The Labute approximate surface area is 120 Å². The van der Waals surface area contributed by atoms with Crippen molar-refractivity contribution >= 4 is 11.7 Å². The zero-order valence-corrected chi connectivity index (χ0v) is 11.4. The van der Waals surface area contributed by atoms with Crippen molar-refractivity contribution in [3.05, 3.63) is 57.4 Å². The standard InChI is InChI=1S/C14H12N2O5/c1-8-6-9(2)12(7-10(8)16(19)20)21-11-4-3-5-15-13(11)14(17)18/h3-7H,1-2H3,(H,17,18). The second-order valence-corrected chi connectivity index (χ2v) is 4.42. The first-order valence-corrected chi connectivity index (χ1v) is 6.02. The first kappa shape index (κ1) is 14.4. The highest BCUT2D eigenvalue weighted by molar-refractivity contribution is 5.88. The third kappa shape index (κ3) is 2.97. The fraction of sp³-hybridized carbons (Fsp3) is 0.143. The van der Waals surface area contributed by atoms with E-state index >= 15 is 0 Å². The summed E-state index contributed by atoms with van der Waals surface area (Å²) in [7, 11) is 0. The number of carboxylic acids is 1. The number of rotatable bonds is 4. The summed E-state index contributed by atoms with van der Waals surface area (Å²) in [4.78, 5) is 25.2. The maximum absolute atomic E-state index is 11.1. The van der Waals surface area contributed by atoms with Crippen molar-refractivity contribution in [2.75, 3.05) is 0 Å². The van der Waals surface area contributed by atoms with Crippen molar-refractivity contribution in [3.8, 4) is 11.5 Å². The summed E-state index contributed by atoms with van der Waals surface area (Å²) < 4.78 is 5.50. The number of aromatic nitrogens is 1. The number of nitro groups is 1. The zero-order chi connectivity index (χ0) is 15.6. The predicted molar refractivity (Wildman–Crippen MR) is 73.8 cm³/mol. The lowest BCUT2D eigenvalue weighted by atomic mass is 10.1. The predicted octanol–water partition coefficient (Wildman–Crippen LogP) is 3.10. The van der Waals surface area contributed by atoms with Crippen LogP contribution in [0.25, 0.3) is 0 Å². The molecule has 0 aliphatic rings. The summed E-state index contributed by atoms with van der Waals surface area (Å²) in [6.45, 7) is 3.35. The van der Waals surface area contributed by atoms with Crippen molar-refractivity contribution in [3.63, 3.8) is 0 Å². The zero-order valence-electron chi connectivity index (χ0n) is 11.4. The fourth-order valence-electron chi connectivity index (χ4n) is 1.88. The average Bonchev–Trinajstić information content (AvgIpc) is 2.41. The summed E-state index contributed by atoms with van der Waals surface area (Å²) in [6.07, 6.45) is 1.33. The molecule has 2 rings (SSSR count). The third-order valence-electron chi connectivity index (χ3n) is 2.88. The Bertz CT molecular complexity index is 727. The van der Waals surface area contributed by atoms with E-state index in [0.29, 0.717) is 11.1 Å². The van der Waals surface area contributed by atoms with E-state index in [0.717, 1.165) is 0 Å². The first-order chi connectivity index (χ1) is 9.90. The summed E-state index contributed by atoms with van der Waals surface area (Å²) >= 11 is 0. The molecular formula is C14H12N2O5. The molecule has 0 unspecified atom stereocenters. The van der Waals surface area contributed by atoms with Gasteiger partial charge in [-0.25, -0.2) is 9.78 Å². The van der Waals surface area contributed by atoms with Gasteiger partial charge in [-0.05, 0) is 37.6 Å².